The van der Waals surface area contributed by atoms with Gasteiger partial charge in [-0.1, -0.05) is 0 Å². The summed E-state index contributed by atoms with van der Waals surface area (Å²) >= 11 is 0. The molecule has 1 saturated carbocycles. The summed E-state index contributed by atoms with van der Waals surface area (Å²) < 4.78 is 1.01. The molecular formula is C8H18NO+. The van der Waals surface area contributed by atoms with E-state index in [1.54, 1.807) is 0 Å². The lowest BCUT2D eigenvalue weighted by Crippen LogP contribution is -2.53. The number of nitrogens with zero attached hydrogens (tertiary/aromatic N) is 1. The van der Waals surface area contributed by atoms with Crippen molar-refractivity contribution in [3.63, 3.8) is 0 Å². The number of aliphatic hydroxyl groups excluding tert-OH is 1. The van der Waals surface area contributed by atoms with Crippen LogP contribution in [0.4, 0.5) is 0 Å². The third-order valence-electron chi connectivity index (χ3n) is 2.74. The van der Waals surface area contributed by atoms with Crippen LogP contribution >= 0.6 is 0 Å². The van der Waals surface area contributed by atoms with Gasteiger partial charge >= 0.3 is 0 Å². The van der Waals surface area contributed by atoms with Crippen LogP contribution in [0.1, 0.15) is 19.3 Å². The highest BCUT2D eigenvalue weighted by Crippen LogP contribution is 2.27. The molecule has 1 N–H and O–H groups in total. The van der Waals surface area contributed by atoms with Crippen LogP contribution in [0, 0.1) is 0 Å². The molecule has 2 heteroatoms. The topological polar surface area (TPSA) is 20.2 Å². The Morgan fingerprint density at radius 2 is 2.00 bits per heavy atom. The van der Waals surface area contributed by atoms with Crippen molar-refractivity contribution in [3.05, 3.63) is 0 Å². The summed E-state index contributed by atoms with van der Waals surface area (Å²) in [5.41, 5.74) is 0. The van der Waals surface area contributed by atoms with Crippen molar-refractivity contribution in [2.24, 2.45) is 0 Å². The van der Waals surface area contributed by atoms with E-state index in [0.717, 1.165) is 17.1 Å². The molecule has 0 saturated heterocycles. The second-order valence-electron chi connectivity index (χ2n) is 3.81. The molecule has 1 fully saturated rings. The molecule has 1 rings (SSSR count). The molecule has 0 bridgehead atoms. The first kappa shape index (κ1) is 8.02. The van der Waals surface area contributed by atoms with Crippen molar-refractivity contribution in [1.29, 1.82) is 0 Å². The van der Waals surface area contributed by atoms with Crippen LogP contribution in [0.15, 0.2) is 0 Å². The molecule has 0 aliphatic heterocycles. The first-order chi connectivity index (χ1) is 4.67. The Kier molecular flexibility index (Phi) is 2.32. The minimum absolute atomic E-state index is 0.323. The summed E-state index contributed by atoms with van der Waals surface area (Å²) in [5, 5.41) is 8.75. The van der Waals surface area contributed by atoms with E-state index in [0.29, 0.717) is 6.61 Å². The maximum Gasteiger partial charge on any atom is 0.102 e. The van der Waals surface area contributed by atoms with Crippen LogP contribution in [0.3, 0.4) is 0 Å². The van der Waals surface area contributed by atoms with Crippen molar-refractivity contribution in [2.45, 2.75) is 25.3 Å². The number of hydrogen-bond donors (Lipinski definition) is 1. The van der Waals surface area contributed by atoms with Crippen LogP contribution in [-0.2, 0) is 0 Å². The van der Waals surface area contributed by atoms with Crippen molar-refractivity contribution in [1.82, 2.24) is 0 Å². The van der Waals surface area contributed by atoms with E-state index >= 15 is 0 Å². The van der Waals surface area contributed by atoms with Gasteiger partial charge in [0.05, 0.1) is 26.7 Å². The fourth-order valence-electron chi connectivity index (χ4n) is 1.53. The van der Waals surface area contributed by atoms with Crippen molar-refractivity contribution in [2.75, 3.05) is 27.2 Å². The Labute approximate surface area is 63.1 Å². The fraction of sp³-hybridized carbons (Fsp3) is 1.00. The van der Waals surface area contributed by atoms with E-state index < -0.39 is 0 Å². The first-order valence-corrected chi connectivity index (χ1v) is 4.10. The van der Waals surface area contributed by atoms with Gasteiger partial charge in [-0.3, -0.25) is 0 Å². The second-order valence-corrected chi connectivity index (χ2v) is 3.81. The molecule has 0 heterocycles. The second kappa shape index (κ2) is 2.89. The van der Waals surface area contributed by atoms with Gasteiger partial charge in [-0.15, -0.1) is 0 Å². The molecule has 0 atom stereocenters. The van der Waals surface area contributed by atoms with E-state index in [4.69, 9.17) is 5.11 Å². The number of likely N-dealkylation sites (N-methyl/N-ethyl adjacent to an activating group) is 1. The van der Waals surface area contributed by atoms with Gasteiger partial charge in [-0.2, -0.15) is 0 Å². The lowest BCUT2D eigenvalue weighted by Gasteiger charge is -2.42. The molecular weight excluding hydrogens is 126 g/mol. The van der Waals surface area contributed by atoms with Gasteiger partial charge in [0.2, 0.25) is 0 Å². The summed E-state index contributed by atoms with van der Waals surface area (Å²) in [5.74, 6) is 0. The minimum atomic E-state index is 0.323. The van der Waals surface area contributed by atoms with E-state index in [-0.39, 0.29) is 0 Å². The maximum atomic E-state index is 8.75. The largest absolute Gasteiger partial charge is 0.391 e. The monoisotopic (exact) mass is 144 g/mol. The number of hydrogen-bond acceptors (Lipinski definition) is 1. The average molecular weight is 144 g/mol. The van der Waals surface area contributed by atoms with E-state index in [1.165, 1.54) is 19.3 Å². The first-order valence-electron chi connectivity index (χ1n) is 4.10. The highest BCUT2D eigenvalue weighted by molar-refractivity contribution is 4.69. The van der Waals surface area contributed by atoms with Crippen molar-refractivity contribution < 1.29 is 9.59 Å². The fourth-order valence-corrected chi connectivity index (χ4v) is 1.53. The van der Waals surface area contributed by atoms with E-state index in [9.17, 15) is 0 Å². The molecule has 2 nitrogen and oxygen atoms in total. The van der Waals surface area contributed by atoms with Gasteiger partial charge in [-0.05, 0) is 19.3 Å². The standard InChI is InChI=1S/C8H18NO/c1-9(2,6-7-10)8-4-3-5-8/h8,10H,3-7H2,1-2H3/q+1. The molecule has 0 aromatic heterocycles. The zero-order valence-electron chi connectivity index (χ0n) is 7.01. The Morgan fingerprint density at radius 1 is 1.40 bits per heavy atom. The quantitative estimate of drug-likeness (QED) is 0.575. The predicted octanol–water partition coefficient (Wildman–Crippen LogP) is 0.608. The predicted molar refractivity (Wildman–Crippen MR) is 41.7 cm³/mol. The van der Waals surface area contributed by atoms with E-state index in [1.807, 2.05) is 0 Å². The Bertz CT molecular complexity index is 108. The molecule has 0 aromatic rings. The van der Waals surface area contributed by atoms with Gasteiger partial charge in [0, 0.05) is 0 Å². The number of aliphatic hydroxyl groups is 1. The number of rotatable bonds is 3. The summed E-state index contributed by atoms with van der Waals surface area (Å²) in [7, 11) is 4.42. The third-order valence-corrected chi connectivity index (χ3v) is 2.74. The van der Waals surface area contributed by atoms with Crippen molar-refractivity contribution >= 4 is 0 Å². The van der Waals surface area contributed by atoms with Gasteiger partial charge < -0.3 is 9.59 Å². The summed E-state index contributed by atoms with van der Waals surface area (Å²) in [6.07, 6.45) is 4.10. The lowest BCUT2D eigenvalue weighted by molar-refractivity contribution is -0.921. The zero-order valence-corrected chi connectivity index (χ0v) is 7.01. The van der Waals surface area contributed by atoms with Gasteiger partial charge in [-0.25, -0.2) is 0 Å². The molecule has 10 heavy (non-hydrogen) atoms. The normalized spacial score (nSPS) is 20.7. The van der Waals surface area contributed by atoms with Gasteiger partial charge in [0.25, 0.3) is 0 Å². The minimum Gasteiger partial charge on any atom is -0.391 e. The summed E-state index contributed by atoms with van der Waals surface area (Å²) in [4.78, 5) is 0. The van der Waals surface area contributed by atoms with Crippen LogP contribution in [-0.4, -0.2) is 42.9 Å². The maximum absolute atomic E-state index is 8.75. The summed E-state index contributed by atoms with van der Waals surface area (Å²) in [6.45, 7) is 1.23. The molecule has 1 aliphatic carbocycles. The van der Waals surface area contributed by atoms with Crippen LogP contribution < -0.4 is 0 Å². The molecule has 0 amide bonds. The average Bonchev–Trinajstić information content (AvgIpc) is 1.56. The molecule has 0 radical (unpaired) electrons. The molecule has 60 valence electrons. The summed E-state index contributed by atoms with van der Waals surface area (Å²) in [6, 6.07) is 0.826. The van der Waals surface area contributed by atoms with Crippen LogP contribution in [0.5, 0.6) is 0 Å². The highest BCUT2D eigenvalue weighted by atomic mass is 16.3. The molecule has 0 unspecified atom stereocenters. The van der Waals surface area contributed by atoms with Gasteiger partial charge in [0.1, 0.15) is 6.54 Å². The Balaban J connectivity index is 2.33. The Hall–Kier alpha value is -0.0800. The molecule has 0 spiro atoms. The highest BCUT2D eigenvalue weighted by Gasteiger charge is 2.32. The van der Waals surface area contributed by atoms with Crippen molar-refractivity contribution in [3.8, 4) is 0 Å². The van der Waals surface area contributed by atoms with E-state index in [2.05, 4.69) is 14.1 Å². The SMILES string of the molecule is C[N+](C)(CCO)C1CCC1. The van der Waals surface area contributed by atoms with Crippen LogP contribution in [0.25, 0.3) is 0 Å². The smallest absolute Gasteiger partial charge is 0.102 e. The third kappa shape index (κ3) is 1.50. The zero-order chi connectivity index (χ0) is 7.61. The molecule has 1 aliphatic rings. The number of quaternary nitrogens is 1. The lowest BCUT2D eigenvalue weighted by atomic mass is 9.90. The van der Waals surface area contributed by atoms with Crippen LogP contribution in [0.2, 0.25) is 0 Å². The molecule has 0 aromatic carbocycles. The van der Waals surface area contributed by atoms with Gasteiger partial charge in [0.15, 0.2) is 0 Å². The Morgan fingerprint density at radius 3 is 2.30 bits per heavy atom.